The van der Waals surface area contributed by atoms with Gasteiger partial charge in [0, 0.05) is 0 Å². The smallest absolute Gasteiger partial charge is 0.326 e. The van der Waals surface area contributed by atoms with Gasteiger partial charge in [0.05, 0.1) is 5.92 Å². The first-order valence-corrected chi connectivity index (χ1v) is 6.55. The van der Waals surface area contributed by atoms with Crippen LogP contribution in [0.3, 0.4) is 0 Å². The maximum atomic E-state index is 11.9. The highest BCUT2D eigenvalue weighted by Gasteiger charge is 2.22. The van der Waals surface area contributed by atoms with Crippen LogP contribution >= 0.6 is 11.3 Å². The lowest BCUT2D eigenvalue weighted by Gasteiger charge is -2.16. The van der Waals surface area contributed by atoms with E-state index in [4.69, 9.17) is 5.11 Å². The normalized spacial score (nSPS) is 14.0. The molecule has 0 saturated heterocycles. The molecule has 1 aromatic rings. The van der Waals surface area contributed by atoms with Gasteiger partial charge in [-0.05, 0) is 35.7 Å². The Bertz CT molecular complexity index is 375. The number of amides is 1. The average molecular weight is 255 g/mol. The fourth-order valence-electron chi connectivity index (χ4n) is 1.52. The number of thiophene rings is 1. The van der Waals surface area contributed by atoms with E-state index in [0.29, 0.717) is 6.42 Å². The van der Waals surface area contributed by atoms with Gasteiger partial charge in [-0.1, -0.05) is 13.3 Å². The van der Waals surface area contributed by atoms with Gasteiger partial charge in [-0.2, -0.15) is 11.3 Å². The van der Waals surface area contributed by atoms with E-state index in [1.165, 1.54) is 11.3 Å². The molecule has 0 spiro atoms. The van der Waals surface area contributed by atoms with Crippen molar-refractivity contribution in [3.05, 3.63) is 22.4 Å². The van der Waals surface area contributed by atoms with Gasteiger partial charge in [0.2, 0.25) is 5.91 Å². The zero-order valence-electron chi connectivity index (χ0n) is 9.97. The minimum absolute atomic E-state index is 0.232. The lowest BCUT2D eigenvalue weighted by atomic mass is 10.0. The molecule has 1 amide bonds. The maximum Gasteiger partial charge on any atom is 0.326 e. The molecular weight excluding hydrogens is 238 g/mol. The summed E-state index contributed by atoms with van der Waals surface area (Å²) >= 11 is 1.52. The molecule has 0 fully saturated rings. The number of aliphatic carboxylic acids is 1. The number of nitrogens with one attached hydrogen (secondary N) is 1. The zero-order chi connectivity index (χ0) is 12.8. The SMILES string of the molecule is CCCC(NC(=O)C(C)c1ccsc1)C(=O)O. The van der Waals surface area contributed by atoms with Crippen LogP contribution in [-0.4, -0.2) is 23.0 Å². The number of carbonyl (C=O) groups is 2. The van der Waals surface area contributed by atoms with Gasteiger partial charge in [0.1, 0.15) is 6.04 Å². The van der Waals surface area contributed by atoms with Crippen molar-refractivity contribution in [2.24, 2.45) is 0 Å². The summed E-state index contributed by atoms with van der Waals surface area (Å²) in [7, 11) is 0. The number of hydrogen-bond acceptors (Lipinski definition) is 3. The molecule has 1 rings (SSSR count). The van der Waals surface area contributed by atoms with Crippen molar-refractivity contribution in [1.82, 2.24) is 5.32 Å². The molecule has 0 aliphatic carbocycles. The van der Waals surface area contributed by atoms with E-state index >= 15 is 0 Å². The molecule has 2 unspecified atom stereocenters. The minimum atomic E-state index is -0.974. The van der Waals surface area contributed by atoms with E-state index < -0.39 is 12.0 Å². The van der Waals surface area contributed by atoms with Crippen molar-refractivity contribution >= 4 is 23.2 Å². The van der Waals surface area contributed by atoms with Crippen molar-refractivity contribution in [1.29, 1.82) is 0 Å². The second-order valence-electron chi connectivity index (χ2n) is 3.97. The molecule has 17 heavy (non-hydrogen) atoms. The van der Waals surface area contributed by atoms with Crippen LogP contribution in [0.1, 0.15) is 38.2 Å². The molecule has 94 valence electrons. The molecular formula is C12H17NO3S. The first kappa shape index (κ1) is 13.7. The fraction of sp³-hybridized carbons (Fsp3) is 0.500. The van der Waals surface area contributed by atoms with Crippen LogP contribution in [0.5, 0.6) is 0 Å². The molecule has 5 heteroatoms. The Labute approximate surface area is 105 Å². The Morgan fingerprint density at radius 2 is 2.24 bits per heavy atom. The lowest BCUT2D eigenvalue weighted by molar-refractivity contribution is -0.142. The van der Waals surface area contributed by atoms with Crippen molar-refractivity contribution in [2.75, 3.05) is 0 Å². The first-order chi connectivity index (χ1) is 8.06. The summed E-state index contributed by atoms with van der Waals surface area (Å²) < 4.78 is 0. The largest absolute Gasteiger partial charge is 0.480 e. The molecule has 1 aromatic heterocycles. The number of carboxylic acid groups (broad SMARTS) is 1. The number of carbonyl (C=O) groups excluding carboxylic acids is 1. The third-order valence-corrected chi connectivity index (χ3v) is 3.33. The molecule has 4 nitrogen and oxygen atoms in total. The van der Waals surface area contributed by atoms with Crippen LogP contribution in [0, 0.1) is 0 Å². The predicted molar refractivity (Wildman–Crippen MR) is 67.2 cm³/mol. The first-order valence-electron chi connectivity index (χ1n) is 5.61. The molecule has 2 atom stereocenters. The van der Waals surface area contributed by atoms with Crippen molar-refractivity contribution in [3.8, 4) is 0 Å². The highest BCUT2D eigenvalue weighted by molar-refractivity contribution is 7.08. The van der Waals surface area contributed by atoms with Gasteiger partial charge in [-0.3, -0.25) is 4.79 Å². The zero-order valence-corrected chi connectivity index (χ0v) is 10.8. The Morgan fingerprint density at radius 1 is 1.53 bits per heavy atom. The van der Waals surface area contributed by atoms with Crippen molar-refractivity contribution in [2.45, 2.75) is 38.6 Å². The molecule has 0 radical (unpaired) electrons. The highest BCUT2D eigenvalue weighted by Crippen LogP contribution is 2.18. The van der Waals surface area contributed by atoms with E-state index in [2.05, 4.69) is 5.32 Å². The third kappa shape index (κ3) is 3.85. The highest BCUT2D eigenvalue weighted by atomic mass is 32.1. The number of hydrogen-bond donors (Lipinski definition) is 2. The summed E-state index contributed by atoms with van der Waals surface area (Å²) in [4.78, 5) is 22.8. The third-order valence-electron chi connectivity index (χ3n) is 2.63. The lowest BCUT2D eigenvalue weighted by Crippen LogP contribution is -2.42. The van der Waals surface area contributed by atoms with Crippen LogP contribution in [0.15, 0.2) is 16.8 Å². The maximum absolute atomic E-state index is 11.9. The molecule has 2 N–H and O–H groups in total. The predicted octanol–water partition coefficient (Wildman–Crippen LogP) is 2.22. The monoisotopic (exact) mass is 255 g/mol. The minimum Gasteiger partial charge on any atom is -0.480 e. The van der Waals surface area contributed by atoms with Crippen molar-refractivity contribution in [3.63, 3.8) is 0 Å². The second-order valence-corrected chi connectivity index (χ2v) is 4.75. The molecule has 1 heterocycles. The summed E-state index contributed by atoms with van der Waals surface area (Å²) in [6.45, 7) is 3.67. The van der Waals surface area contributed by atoms with E-state index in [-0.39, 0.29) is 11.8 Å². The van der Waals surface area contributed by atoms with E-state index in [0.717, 1.165) is 12.0 Å². The van der Waals surface area contributed by atoms with Gasteiger partial charge in [-0.15, -0.1) is 0 Å². The number of rotatable bonds is 6. The van der Waals surface area contributed by atoms with Gasteiger partial charge in [0.15, 0.2) is 0 Å². The topological polar surface area (TPSA) is 66.4 Å². The molecule has 0 aliphatic heterocycles. The molecule has 0 bridgehead atoms. The fourth-order valence-corrected chi connectivity index (χ4v) is 2.27. The standard InChI is InChI=1S/C12H17NO3S/c1-3-4-10(12(15)16)13-11(14)8(2)9-5-6-17-7-9/h5-8,10H,3-4H2,1-2H3,(H,13,14)(H,15,16). The van der Waals surface area contributed by atoms with E-state index in [1.54, 1.807) is 6.92 Å². The summed E-state index contributed by atoms with van der Waals surface area (Å²) in [6, 6.07) is 1.10. The van der Waals surface area contributed by atoms with Crippen LogP contribution < -0.4 is 5.32 Å². The van der Waals surface area contributed by atoms with Crippen LogP contribution in [0.4, 0.5) is 0 Å². The van der Waals surface area contributed by atoms with Crippen LogP contribution in [0.25, 0.3) is 0 Å². The Balaban J connectivity index is 2.61. The summed E-state index contributed by atoms with van der Waals surface area (Å²) in [5.41, 5.74) is 0.924. The molecule has 0 saturated carbocycles. The Morgan fingerprint density at radius 3 is 2.71 bits per heavy atom. The van der Waals surface area contributed by atoms with Crippen LogP contribution in [-0.2, 0) is 9.59 Å². The summed E-state index contributed by atoms with van der Waals surface area (Å²) in [6.07, 6.45) is 1.18. The van der Waals surface area contributed by atoms with E-state index in [1.807, 2.05) is 23.8 Å². The van der Waals surface area contributed by atoms with Gasteiger partial charge in [0.25, 0.3) is 0 Å². The second kappa shape index (κ2) is 6.39. The van der Waals surface area contributed by atoms with Gasteiger partial charge in [-0.25, -0.2) is 4.79 Å². The summed E-state index contributed by atoms with van der Waals surface area (Å²) in [5.74, 6) is -1.51. The van der Waals surface area contributed by atoms with Gasteiger partial charge < -0.3 is 10.4 Å². The quantitative estimate of drug-likeness (QED) is 0.819. The average Bonchev–Trinajstić information content (AvgIpc) is 2.80. The van der Waals surface area contributed by atoms with Gasteiger partial charge >= 0.3 is 5.97 Å². The van der Waals surface area contributed by atoms with Crippen LogP contribution in [0.2, 0.25) is 0 Å². The Hall–Kier alpha value is -1.36. The Kier molecular flexibility index (Phi) is 5.15. The van der Waals surface area contributed by atoms with Crippen molar-refractivity contribution < 1.29 is 14.7 Å². The molecule has 0 aromatic carbocycles. The van der Waals surface area contributed by atoms with E-state index in [9.17, 15) is 9.59 Å². The summed E-state index contributed by atoms with van der Waals surface area (Å²) in [5, 5.41) is 15.3. The molecule has 0 aliphatic rings. The number of carboxylic acids is 1.